The van der Waals surface area contributed by atoms with Gasteiger partial charge in [0.05, 0.1) is 5.60 Å². The highest BCUT2D eigenvalue weighted by Gasteiger charge is 2.33. The number of rotatable bonds is 4. The molecule has 1 aliphatic heterocycles. The van der Waals surface area contributed by atoms with Gasteiger partial charge in [0.2, 0.25) is 5.91 Å². The number of carbonyl (C=O) groups excluding carboxylic acids is 1. The number of ether oxygens (including phenoxy) is 1. The summed E-state index contributed by atoms with van der Waals surface area (Å²) in [6, 6.07) is 7.64. The Balaban J connectivity index is 1.68. The third-order valence-corrected chi connectivity index (χ3v) is 3.50. The highest BCUT2D eigenvalue weighted by Crippen LogP contribution is 2.22. The Bertz CT molecular complexity index is 633. The summed E-state index contributed by atoms with van der Waals surface area (Å²) < 4.78 is 5.62. The summed E-state index contributed by atoms with van der Waals surface area (Å²) in [5.74, 6) is -0.137. The predicted molar refractivity (Wildman–Crippen MR) is 77.6 cm³/mol. The third-order valence-electron chi connectivity index (χ3n) is 3.50. The van der Waals surface area contributed by atoms with Gasteiger partial charge in [-0.15, -0.1) is 0 Å². The number of hydrogen-bond acceptors (Lipinski definition) is 4. The summed E-state index contributed by atoms with van der Waals surface area (Å²) >= 11 is 0. The maximum absolute atomic E-state index is 12.0. The molecule has 2 heterocycles. The molecule has 104 valence electrons. The van der Waals surface area contributed by atoms with Gasteiger partial charge in [0, 0.05) is 41.9 Å². The highest BCUT2D eigenvalue weighted by molar-refractivity contribution is 6.02. The van der Waals surface area contributed by atoms with Crippen molar-refractivity contribution in [1.82, 2.24) is 10.3 Å². The van der Waals surface area contributed by atoms with Crippen molar-refractivity contribution in [2.24, 2.45) is 0 Å². The van der Waals surface area contributed by atoms with E-state index < -0.39 is 0 Å². The van der Waals surface area contributed by atoms with Gasteiger partial charge in [-0.1, -0.05) is 12.1 Å². The van der Waals surface area contributed by atoms with Crippen LogP contribution in [0.4, 0.5) is 5.69 Å². The number of nitrogens with one attached hydrogen (secondary N) is 2. The maximum Gasteiger partial charge on any atom is 0.250 e. The lowest BCUT2D eigenvalue weighted by Gasteiger charge is -2.38. The summed E-state index contributed by atoms with van der Waals surface area (Å²) in [5, 5.41) is 8.01. The van der Waals surface area contributed by atoms with E-state index in [4.69, 9.17) is 4.74 Å². The van der Waals surface area contributed by atoms with Crippen molar-refractivity contribution < 1.29 is 9.53 Å². The van der Waals surface area contributed by atoms with Crippen molar-refractivity contribution in [3.63, 3.8) is 0 Å². The average molecular weight is 271 g/mol. The number of carbonyl (C=O) groups is 1. The van der Waals surface area contributed by atoms with Crippen molar-refractivity contribution in [1.29, 1.82) is 0 Å². The second kappa shape index (κ2) is 5.19. The molecular formula is C15H17N3O2. The fraction of sp³-hybridized carbons (Fsp3) is 0.333. The van der Waals surface area contributed by atoms with Crippen LogP contribution in [0.5, 0.6) is 0 Å². The first kappa shape index (κ1) is 13.0. The van der Waals surface area contributed by atoms with Gasteiger partial charge < -0.3 is 15.4 Å². The standard InChI is InChI=1S/C15H17N3O2/c1-15(9-17-10-15)20-8-14(19)18-13-4-2-3-11-7-16-6-5-12(11)13/h2-7,17H,8-10H2,1H3,(H,18,19). The number of benzene rings is 1. The molecule has 1 amide bonds. The minimum Gasteiger partial charge on any atom is -0.363 e. The van der Waals surface area contributed by atoms with E-state index in [0.717, 1.165) is 29.5 Å². The zero-order valence-corrected chi connectivity index (χ0v) is 11.3. The molecule has 5 heteroatoms. The summed E-state index contributed by atoms with van der Waals surface area (Å²) in [7, 11) is 0. The fourth-order valence-corrected chi connectivity index (χ4v) is 2.24. The van der Waals surface area contributed by atoms with E-state index in [0.29, 0.717) is 0 Å². The van der Waals surface area contributed by atoms with Gasteiger partial charge in [0.1, 0.15) is 6.61 Å². The fourth-order valence-electron chi connectivity index (χ4n) is 2.24. The van der Waals surface area contributed by atoms with Crippen LogP contribution in [0.2, 0.25) is 0 Å². The van der Waals surface area contributed by atoms with Crippen molar-refractivity contribution in [2.75, 3.05) is 25.0 Å². The van der Waals surface area contributed by atoms with E-state index in [-0.39, 0.29) is 18.1 Å². The molecule has 20 heavy (non-hydrogen) atoms. The Kier molecular flexibility index (Phi) is 3.38. The number of hydrogen-bond donors (Lipinski definition) is 2. The minimum absolute atomic E-state index is 0.0691. The monoisotopic (exact) mass is 271 g/mol. The van der Waals surface area contributed by atoms with Crippen LogP contribution in [0.15, 0.2) is 36.7 Å². The normalized spacial score (nSPS) is 16.6. The van der Waals surface area contributed by atoms with E-state index >= 15 is 0 Å². The molecule has 1 fully saturated rings. The van der Waals surface area contributed by atoms with Crippen LogP contribution >= 0.6 is 0 Å². The Morgan fingerprint density at radius 2 is 2.30 bits per heavy atom. The highest BCUT2D eigenvalue weighted by atomic mass is 16.5. The van der Waals surface area contributed by atoms with Crippen LogP contribution in [0, 0.1) is 0 Å². The molecule has 1 aromatic carbocycles. The number of aromatic nitrogens is 1. The van der Waals surface area contributed by atoms with E-state index in [1.807, 2.05) is 31.2 Å². The van der Waals surface area contributed by atoms with Crippen molar-refractivity contribution in [3.05, 3.63) is 36.7 Å². The van der Waals surface area contributed by atoms with Gasteiger partial charge in [0.25, 0.3) is 0 Å². The summed E-state index contributed by atoms with van der Waals surface area (Å²) in [5.41, 5.74) is 0.579. The van der Waals surface area contributed by atoms with Crippen molar-refractivity contribution >= 4 is 22.4 Å². The Morgan fingerprint density at radius 1 is 1.45 bits per heavy atom. The number of pyridine rings is 1. The molecule has 1 aromatic heterocycles. The second-order valence-corrected chi connectivity index (χ2v) is 5.29. The van der Waals surface area contributed by atoms with Gasteiger partial charge in [-0.2, -0.15) is 0 Å². The SMILES string of the molecule is CC1(OCC(=O)Nc2cccc3cnccc23)CNC1. The summed E-state index contributed by atoms with van der Waals surface area (Å²) in [6.45, 7) is 3.65. The van der Waals surface area contributed by atoms with Crippen LogP contribution in [0.25, 0.3) is 10.8 Å². The van der Waals surface area contributed by atoms with Crippen LogP contribution in [0.3, 0.4) is 0 Å². The maximum atomic E-state index is 12.0. The molecule has 1 saturated heterocycles. The number of nitrogens with zero attached hydrogens (tertiary/aromatic N) is 1. The lowest BCUT2D eigenvalue weighted by atomic mass is 10.0. The van der Waals surface area contributed by atoms with E-state index in [2.05, 4.69) is 15.6 Å². The lowest BCUT2D eigenvalue weighted by molar-refractivity contribution is -0.130. The molecular weight excluding hydrogens is 254 g/mol. The molecule has 0 bridgehead atoms. The summed E-state index contributed by atoms with van der Waals surface area (Å²) in [6.07, 6.45) is 3.50. The second-order valence-electron chi connectivity index (χ2n) is 5.29. The van der Waals surface area contributed by atoms with Crippen LogP contribution in [0.1, 0.15) is 6.92 Å². The molecule has 0 saturated carbocycles. The van der Waals surface area contributed by atoms with Gasteiger partial charge in [-0.05, 0) is 19.1 Å². The Labute approximate surface area is 117 Å². The number of fused-ring (bicyclic) bond motifs is 1. The zero-order valence-electron chi connectivity index (χ0n) is 11.3. The van der Waals surface area contributed by atoms with Gasteiger partial charge in [-0.25, -0.2) is 0 Å². The molecule has 0 radical (unpaired) electrons. The Hall–Kier alpha value is -1.98. The summed E-state index contributed by atoms with van der Waals surface area (Å²) in [4.78, 5) is 16.0. The predicted octanol–water partition coefficient (Wildman–Crippen LogP) is 1.55. The molecule has 1 aliphatic rings. The van der Waals surface area contributed by atoms with E-state index in [1.54, 1.807) is 12.4 Å². The first-order valence-corrected chi connectivity index (χ1v) is 6.64. The van der Waals surface area contributed by atoms with Crippen molar-refractivity contribution in [3.8, 4) is 0 Å². The molecule has 2 aromatic rings. The Morgan fingerprint density at radius 3 is 3.05 bits per heavy atom. The zero-order chi connectivity index (χ0) is 14.0. The molecule has 2 N–H and O–H groups in total. The molecule has 0 aliphatic carbocycles. The third kappa shape index (κ3) is 2.64. The van der Waals surface area contributed by atoms with Crippen LogP contribution < -0.4 is 10.6 Å². The first-order chi connectivity index (χ1) is 9.66. The average Bonchev–Trinajstić information content (AvgIpc) is 2.43. The molecule has 3 rings (SSSR count). The smallest absolute Gasteiger partial charge is 0.250 e. The van der Waals surface area contributed by atoms with Crippen molar-refractivity contribution in [2.45, 2.75) is 12.5 Å². The van der Waals surface area contributed by atoms with E-state index in [9.17, 15) is 4.79 Å². The molecule has 0 atom stereocenters. The van der Waals surface area contributed by atoms with Gasteiger partial charge in [-0.3, -0.25) is 9.78 Å². The minimum atomic E-state index is -0.208. The first-order valence-electron chi connectivity index (χ1n) is 6.64. The van der Waals surface area contributed by atoms with Gasteiger partial charge in [0.15, 0.2) is 0 Å². The quantitative estimate of drug-likeness (QED) is 0.885. The topological polar surface area (TPSA) is 63.2 Å². The van der Waals surface area contributed by atoms with Gasteiger partial charge >= 0.3 is 0 Å². The van der Waals surface area contributed by atoms with Crippen LogP contribution in [-0.2, 0) is 9.53 Å². The molecule has 5 nitrogen and oxygen atoms in total. The lowest BCUT2D eigenvalue weighted by Crippen LogP contribution is -2.59. The molecule has 0 spiro atoms. The number of anilines is 1. The number of amides is 1. The molecule has 0 unspecified atom stereocenters. The van der Waals surface area contributed by atoms with E-state index in [1.165, 1.54) is 0 Å². The largest absolute Gasteiger partial charge is 0.363 e. The van der Waals surface area contributed by atoms with Crippen LogP contribution in [-0.4, -0.2) is 36.2 Å².